The number of methoxy groups -OCH3 is 1. The highest BCUT2D eigenvalue weighted by atomic mass is 127. The summed E-state index contributed by atoms with van der Waals surface area (Å²) >= 11 is 3.55. The summed E-state index contributed by atoms with van der Waals surface area (Å²) < 4.78 is 5.78. The smallest absolute Gasteiger partial charge is 0.326 e. The number of rotatable bonds is 6. The molecule has 1 aromatic rings. The fourth-order valence-corrected chi connectivity index (χ4v) is 2.49. The van der Waals surface area contributed by atoms with Gasteiger partial charge in [-0.2, -0.15) is 0 Å². The summed E-state index contributed by atoms with van der Waals surface area (Å²) in [6.45, 7) is 0.290. The van der Waals surface area contributed by atoms with E-state index in [-0.39, 0.29) is 12.3 Å². The number of halogens is 1. The van der Waals surface area contributed by atoms with Crippen LogP contribution in [0.4, 0.5) is 0 Å². The quantitative estimate of drug-likeness (QED) is 0.747. The highest BCUT2D eigenvalue weighted by molar-refractivity contribution is 14.1. The van der Waals surface area contributed by atoms with Crippen LogP contribution in [0.2, 0.25) is 0 Å². The Balaban J connectivity index is 2.60. The summed E-state index contributed by atoms with van der Waals surface area (Å²) in [6.07, 6.45) is 0.249. The average Bonchev–Trinajstić information content (AvgIpc) is 2.70. The van der Waals surface area contributed by atoms with Gasteiger partial charge in [-0.15, -0.1) is 11.3 Å². The molecule has 0 bridgehead atoms. The van der Waals surface area contributed by atoms with E-state index in [1.165, 1.54) is 18.4 Å². The summed E-state index contributed by atoms with van der Waals surface area (Å²) in [5.41, 5.74) is 0.489. The zero-order chi connectivity index (χ0) is 12.8. The molecule has 94 valence electrons. The molecule has 0 radical (unpaired) electrons. The van der Waals surface area contributed by atoms with Crippen molar-refractivity contribution in [3.8, 4) is 0 Å². The number of ether oxygens (including phenoxy) is 1. The lowest BCUT2D eigenvalue weighted by atomic mass is 10.2. The highest BCUT2D eigenvalue weighted by Gasteiger charge is 2.20. The summed E-state index contributed by atoms with van der Waals surface area (Å²) in [5.74, 6) is -1.42. The molecule has 17 heavy (non-hydrogen) atoms. The first-order valence-electron chi connectivity index (χ1n) is 4.81. The predicted molar refractivity (Wildman–Crippen MR) is 72.4 cm³/mol. The minimum atomic E-state index is -1.06. The van der Waals surface area contributed by atoms with Crippen LogP contribution in [-0.4, -0.2) is 36.7 Å². The molecule has 1 amide bonds. The van der Waals surface area contributed by atoms with Crippen LogP contribution in [0.5, 0.6) is 0 Å². The molecule has 1 rings (SSSR count). The Kier molecular flexibility index (Phi) is 5.86. The summed E-state index contributed by atoms with van der Waals surface area (Å²) in [4.78, 5) is 22.6. The number of carboxylic acid groups (broad SMARTS) is 1. The van der Waals surface area contributed by atoms with Gasteiger partial charge in [0.1, 0.15) is 6.04 Å². The Labute approximate surface area is 116 Å². The van der Waals surface area contributed by atoms with Crippen LogP contribution < -0.4 is 5.32 Å². The molecule has 2 N–H and O–H groups in total. The predicted octanol–water partition coefficient (Wildman–Crippen LogP) is 1.57. The minimum Gasteiger partial charge on any atom is -0.480 e. The van der Waals surface area contributed by atoms with E-state index < -0.39 is 12.0 Å². The van der Waals surface area contributed by atoms with Gasteiger partial charge in [0.2, 0.25) is 0 Å². The van der Waals surface area contributed by atoms with Crippen LogP contribution in [0, 0.1) is 2.88 Å². The van der Waals surface area contributed by atoms with Crippen molar-refractivity contribution >= 4 is 45.8 Å². The standard InChI is InChI=1S/C10H12INO4S/c1-16-3-2-7(10(14)15)12-9(13)6-4-8(11)17-5-6/h4-5,7H,2-3H2,1H3,(H,12,13)(H,14,15). The van der Waals surface area contributed by atoms with E-state index in [1.54, 1.807) is 11.4 Å². The molecule has 0 saturated heterocycles. The number of hydrogen-bond acceptors (Lipinski definition) is 4. The van der Waals surface area contributed by atoms with Crippen molar-refractivity contribution in [3.63, 3.8) is 0 Å². The zero-order valence-electron chi connectivity index (χ0n) is 9.10. The lowest BCUT2D eigenvalue weighted by Gasteiger charge is -2.13. The molecule has 0 aliphatic carbocycles. The number of carboxylic acids is 1. The van der Waals surface area contributed by atoms with E-state index >= 15 is 0 Å². The Morgan fingerprint density at radius 3 is 2.82 bits per heavy atom. The summed E-state index contributed by atoms with van der Waals surface area (Å²) in [7, 11) is 1.49. The lowest BCUT2D eigenvalue weighted by Crippen LogP contribution is -2.41. The largest absolute Gasteiger partial charge is 0.480 e. The van der Waals surface area contributed by atoms with Crippen molar-refractivity contribution in [2.45, 2.75) is 12.5 Å². The highest BCUT2D eigenvalue weighted by Crippen LogP contribution is 2.16. The van der Waals surface area contributed by atoms with Crippen LogP contribution in [0.25, 0.3) is 0 Å². The Bertz CT molecular complexity index is 407. The van der Waals surface area contributed by atoms with Gasteiger partial charge in [-0.1, -0.05) is 0 Å². The van der Waals surface area contributed by atoms with Crippen molar-refractivity contribution in [1.29, 1.82) is 0 Å². The third-order valence-corrected chi connectivity index (χ3v) is 3.83. The molecule has 1 aromatic heterocycles. The molecule has 0 fully saturated rings. The number of thiophene rings is 1. The molecule has 0 aliphatic heterocycles. The molecule has 1 unspecified atom stereocenters. The third kappa shape index (κ3) is 4.60. The van der Waals surface area contributed by atoms with Crippen LogP contribution in [0.15, 0.2) is 11.4 Å². The van der Waals surface area contributed by atoms with Gasteiger partial charge in [-0.05, 0) is 28.7 Å². The lowest BCUT2D eigenvalue weighted by molar-refractivity contribution is -0.139. The van der Waals surface area contributed by atoms with Gasteiger partial charge >= 0.3 is 5.97 Å². The van der Waals surface area contributed by atoms with Crippen molar-refractivity contribution in [3.05, 3.63) is 19.9 Å². The topological polar surface area (TPSA) is 75.6 Å². The summed E-state index contributed by atoms with van der Waals surface area (Å²) in [5, 5.41) is 13.1. The number of nitrogens with one attached hydrogen (secondary N) is 1. The third-order valence-electron chi connectivity index (χ3n) is 2.04. The van der Waals surface area contributed by atoms with Crippen LogP contribution in [0.1, 0.15) is 16.8 Å². The van der Waals surface area contributed by atoms with E-state index in [2.05, 4.69) is 27.9 Å². The zero-order valence-corrected chi connectivity index (χ0v) is 12.1. The number of amides is 1. The van der Waals surface area contributed by atoms with Gasteiger partial charge in [-0.3, -0.25) is 4.79 Å². The van der Waals surface area contributed by atoms with Crippen LogP contribution in [-0.2, 0) is 9.53 Å². The first kappa shape index (κ1) is 14.4. The number of carbonyl (C=O) groups excluding carboxylic acids is 1. The van der Waals surface area contributed by atoms with Crippen molar-refractivity contribution in [2.75, 3.05) is 13.7 Å². The van der Waals surface area contributed by atoms with E-state index in [1.807, 2.05) is 0 Å². The Morgan fingerprint density at radius 1 is 1.65 bits per heavy atom. The molecule has 0 aromatic carbocycles. The Morgan fingerprint density at radius 2 is 2.35 bits per heavy atom. The Hall–Kier alpha value is -0.670. The number of aliphatic carboxylic acids is 1. The second kappa shape index (κ2) is 6.92. The molecule has 7 heteroatoms. The first-order chi connectivity index (χ1) is 8.04. The molecule has 0 spiro atoms. The summed E-state index contributed by atoms with van der Waals surface area (Å²) in [6, 6.07) is 0.801. The molecule has 0 saturated carbocycles. The molecular formula is C10H12INO4S. The normalized spacial score (nSPS) is 12.1. The van der Waals surface area contributed by atoms with E-state index in [9.17, 15) is 9.59 Å². The van der Waals surface area contributed by atoms with Gasteiger partial charge < -0.3 is 15.2 Å². The fraction of sp³-hybridized carbons (Fsp3) is 0.400. The average molecular weight is 369 g/mol. The van der Waals surface area contributed by atoms with Gasteiger partial charge in [0.25, 0.3) is 5.91 Å². The van der Waals surface area contributed by atoms with Gasteiger partial charge in [0.05, 0.1) is 8.45 Å². The molecule has 1 atom stereocenters. The van der Waals surface area contributed by atoms with Gasteiger partial charge in [-0.25, -0.2) is 4.79 Å². The number of carbonyl (C=O) groups is 2. The SMILES string of the molecule is COCCC(NC(=O)c1csc(I)c1)C(=O)O. The second-order valence-corrected chi connectivity index (χ2v) is 6.09. The maximum atomic E-state index is 11.7. The van der Waals surface area contributed by atoms with E-state index in [0.717, 1.165) is 2.88 Å². The minimum absolute atomic E-state index is 0.249. The monoisotopic (exact) mass is 369 g/mol. The molecule has 5 nitrogen and oxygen atoms in total. The maximum Gasteiger partial charge on any atom is 0.326 e. The molecule has 1 heterocycles. The first-order valence-corrected chi connectivity index (χ1v) is 6.77. The van der Waals surface area contributed by atoms with Crippen molar-refractivity contribution < 1.29 is 19.4 Å². The van der Waals surface area contributed by atoms with Gasteiger partial charge in [0, 0.05) is 25.5 Å². The maximum absolute atomic E-state index is 11.7. The molecule has 0 aliphatic rings. The van der Waals surface area contributed by atoms with Crippen LogP contribution >= 0.6 is 33.9 Å². The van der Waals surface area contributed by atoms with E-state index in [0.29, 0.717) is 12.2 Å². The fourth-order valence-electron chi connectivity index (χ4n) is 1.16. The van der Waals surface area contributed by atoms with Crippen LogP contribution in [0.3, 0.4) is 0 Å². The second-order valence-electron chi connectivity index (χ2n) is 3.29. The van der Waals surface area contributed by atoms with Crippen molar-refractivity contribution in [2.24, 2.45) is 0 Å². The van der Waals surface area contributed by atoms with Crippen molar-refractivity contribution in [1.82, 2.24) is 5.32 Å². The van der Waals surface area contributed by atoms with E-state index in [4.69, 9.17) is 9.84 Å². The molecular weight excluding hydrogens is 357 g/mol. The number of hydrogen-bond donors (Lipinski definition) is 2. The van der Waals surface area contributed by atoms with Gasteiger partial charge in [0.15, 0.2) is 0 Å².